The van der Waals surface area contributed by atoms with Crippen LogP contribution < -0.4 is 33.4 Å². The molecule has 10 heteroatoms. The number of hydrazone groups is 2. The van der Waals surface area contributed by atoms with Gasteiger partial charge in [0.15, 0.2) is 5.84 Å². The van der Waals surface area contributed by atoms with Crippen molar-refractivity contribution in [1.82, 2.24) is 21.8 Å². The lowest BCUT2D eigenvalue weighted by atomic mass is 9.96. The SMILES string of the molecule is CNC(=O)c1cccc(Cc2cc(C3NNN=C3/C(N)=N/NN)ccc2O)c1. The minimum absolute atomic E-state index is 0.137. The number of nitrogens with zero attached hydrogens (tertiary/aromatic N) is 2. The number of nitrogens with two attached hydrogens (primary N) is 2. The van der Waals surface area contributed by atoms with Crippen LogP contribution in [0.25, 0.3) is 0 Å². The third-order valence-electron chi connectivity index (χ3n) is 4.35. The Bertz CT molecular complexity index is 941. The summed E-state index contributed by atoms with van der Waals surface area (Å²) in [5.41, 5.74) is 17.1. The molecule has 0 aromatic heterocycles. The molecule has 1 aliphatic rings. The number of phenolic OH excluding ortho intramolecular Hbond substituents is 1. The van der Waals surface area contributed by atoms with E-state index in [2.05, 4.69) is 32.0 Å². The molecule has 0 saturated carbocycles. The van der Waals surface area contributed by atoms with E-state index < -0.39 is 0 Å². The molecule has 1 unspecified atom stereocenters. The van der Waals surface area contributed by atoms with Gasteiger partial charge in [-0.1, -0.05) is 18.2 Å². The van der Waals surface area contributed by atoms with Crippen molar-refractivity contribution < 1.29 is 9.90 Å². The van der Waals surface area contributed by atoms with E-state index in [1.54, 1.807) is 31.3 Å². The van der Waals surface area contributed by atoms with E-state index in [9.17, 15) is 9.90 Å². The highest BCUT2D eigenvalue weighted by Crippen LogP contribution is 2.26. The van der Waals surface area contributed by atoms with Crippen molar-refractivity contribution in [2.45, 2.75) is 12.5 Å². The van der Waals surface area contributed by atoms with E-state index in [4.69, 9.17) is 11.6 Å². The van der Waals surface area contributed by atoms with E-state index in [1.165, 1.54) is 0 Å². The van der Waals surface area contributed by atoms with Gasteiger partial charge in [-0.3, -0.25) is 4.79 Å². The standard InChI is InChI=1S/C18H22N8O2/c1-21-18(28)12-4-2-3-10(7-12)8-13-9-11(5-6-14(13)27)15-16(23-26-22-15)17(19)24-25-20/h2-7,9,15,22,25-27H,8,20H2,1H3,(H2,19,24)(H,21,28). The molecule has 10 nitrogen and oxygen atoms in total. The van der Waals surface area contributed by atoms with Crippen molar-refractivity contribution in [2.24, 2.45) is 21.8 Å². The predicted octanol–water partition coefficient (Wildman–Crippen LogP) is -0.417. The van der Waals surface area contributed by atoms with Crippen LogP contribution in [0.3, 0.4) is 0 Å². The number of carbonyl (C=O) groups excluding carboxylic acids is 1. The maximum absolute atomic E-state index is 11.8. The monoisotopic (exact) mass is 382 g/mol. The van der Waals surface area contributed by atoms with Gasteiger partial charge in [-0.05, 0) is 41.0 Å². The molecule has 3 rings (SSSR count). The minimum atomic E-state index is -0.367. The molecule has 1 aliphatic heterocycles. The van der Waals surface area contributed by atoms with Crippen molar-refractivity contribution in [1.29, 1.82) is 0 Å². The highest BCUT2D eigenvalue weighted by molar-refractivity contribution is 6.42. The summed E-state index contributed by atoms with van der Waals surface area (Å²) in [6.45, 7) is 0. The Morgan fingerprint density at radius 2 is 2.14 bits per heavy atom. The molecular weight excluding hydrogens is 360 g/mol. The lowest BCUT2D eigenvalue weighted by Crippen LogP contribution is -2.35. The molecule has 2 aromatic rings. The van der Waals surface area contributed by atoms with Gasteiger partial charge in [-0.25, -0.2) is 22.3 Å². The number of amidine groups is 1. The number of aromatic hydroxyl groups is 1. The van der Waals surface area contributed by atoms with Crippen LogP contribution in [0.4, 0.5) is 0 Å². The second-order valence-corrected chi connectivity index (χ2v) is 6.16. The Morgan fingerprint density at radius 1 is 1.32 bits per heavy atom. The zero-order valence-electron chi connectivity index (χ0n) is 15.2. The van der Waals surface area contributed by atoms with Gasteiger partial charge < -0.3 is 16.2 Å². The van der Waals surface area contributed by atoms with Gasteiger partial charge in [0.25, 0.3) is 5.91 Å². The second-order valence-electron chi connectivity index (χ2n) is 6.16. The smallest absolute Gasteiger partial charge is 0.251 e. The largest absolute Gasteiger partial charge is 0.508 e. The number of rotatable bonds is 6. The topological polar surface area (TPSA) is 162 Å². The molecule has 0 spiro atoms. The molecule has 0 bridgehead atoms. The highest BCUT2D eigenvalue weighted by Gasteiger charge is 2.26. The normalized spacial score (nSPS) is 16.3. The maximum atomic E-state index is 11.8. The average Bonchev–Trinajstić information content (AvgIpc) is 3.19. The number of hydrazine groups is 2. The number of hydrogen-bond donors (Lipinski definition) is 7. The first kappa shape index (κ1) is 19.1. The zero-order chi connectivity index (χ0) is 20.1. The predicted molar refractivity (Wildman–Crippen MR) is 106 cm³/mol. The highest BCUT2D eigenvalue weighted by atomic mass is 16.3. The van der Waals surface area contributed by atoms with Gasteiger partial charge in [0, 0.05) is 19.0 Å². The van der Waals surface area contributed by atoms with Crippen LogP contribution in [-0.2, 0) is 6.42 Å². The molecule has 28 heavy (non-hydrogen) atoms. The lowest BCUT2D eigenvalue weighted by Gasteiger charge is -2.15. The van der Waals surface area contributed by atoms with Gasteiger partial charge in [0.05, 0.1) is 0 Å². The van der Waals surface area contributed by atoms with Crippen LogP contribution in [0.2, 0.25) is 0 Å². The van der Waals surface area contributed by atoms with Crippen molar-refractivity contribution in [3.05, 3.63) is 64.7 Å². The number of benzene rings is 2. The molecule has 0 radical (unpaired) electrons. The fraction of sp³-hybridized carbons (Fsp3) is 0.167. The van der Waals surface area contributed by atoms with E-state index >= 15 is 0 Å². The summed E-state index contributed by atoms with van der Waals surface area (Å²) in [7, 11) is 1.58. The molecule has 2 aromatic carbocycles. The fourth-order valence-corrected chi connectivity index (χ4v) is 2.98. The first-order valence-electron chi connectivity index (χ1n) is 8.53. The number of hydrogen-bond acceptors (Lipinski definition) is 8. The molecule has 1 heterocycles. The van der Waals surface area contributed by atoms with Gasteiger partial charge in [0.1, 0.15) is 17.5 Å². The molecule has 0 saturated heterocycles. The fourth-order valence-electron chi connectivity index (χ4n) is 2.98. The summed E-state index contributed by atoms with van der Waals surface area (Å²) in [6, 6.07) is 12.1. The number of phenols is 1. The van der Waals surface area contributed by atoms with Crippen LogP contribution in [0.5, 0.6) is 5.75 Å². The lowest BCUT2D eigenvalue weighted by molar-refractivity contribution is 0.0963. The number of amides is 1. The van der Waals surface area contributed by atoms with E-state index in [0.29, 0.717) is 23.3 Å². The Kier molecular flexibility index (Phi) is 5.72. The van der Waals surface area contributed by atoms with Crippen LogP contribution in [0.15, 0.2) is 52.7 Å². The first-order valence-corrected chi connectivity index (χ1v) is 8.53. The van der Waals surface area contributed by atoms with Crippen LogP contribution >= 0.6 is 0 Å². The zero-order valence-corrected chi connectivity index (χ0v) is 15.2. The Morgan fingerprint density at radius 3 is 2.89 bits per heavy atom. The van der Waals surface area contributed by atoms with Crippen LogP contribution in [-0.4, -0.2) is 29.6 Å². The molecule has 1 amide bonds. The third-order valence-corrected chi connectivity index (χ3v) is 4.35. The Balaban J connectivity index is 1.88. The molecule has 0 aliphatic carbocycles. The van der Waals surface area contributed by atoms with E-state index in [-0.39, 0.29) is 23.5 Å². The molecule has 0 fully saturated rings. The van der Waals surface area contributed by atoms with Gasteiger partial charge >= 0.3 is 0 Å². The summed E-state index contributed by atoms with van der Waals surface area (Å²) >= 11 is 0. The number of carbonyl (C=O) groups is 1. The summed E-state index contributed by atoms with van der Waals surface area (Å²) in [5.74, 6) is 5.31. The van der Waals surface area contributed by atoms with Crippen molar-refractivity contribution in [3.63, 3.8) is 0 Å². The van der Waals surface area contributed by atoms with E-state index in [0.717, 1.165) is 11.1 Å². The average molecular weight is 382 g/mol. The van der Waals surface area contributed by atoms with E-state index in [1.807, 2.05) is 18.2 Å². The van der Waals surface area contributed by atoms with Gasteiger partial charge in [-0.2, -0.15) is 5.10 Å². The minimum Gasteiger partial charge on any atom is -0.508 e. The maximum Gasteiger partial charge on any atom is 0.251 e. The molecule has 1 atom stereocenters. The van der Waals surface area contributed by atoms with Crippen molar-refractivity contribution >= 4 is 17.5 Å². The second kappa shape index (κ2) is 8.37. The first-order chi connectivity index (χ1) is 13.5. The van der Waals surface area contributed by atoms with Gasteiger partial charge in [-0.15, -0.1) is 5.10 Å². The Hall–Kier alpha value is -3.63. The summed E-state index contributed by atoms with van der Waals surface area (Å²) in [5, 5.41) is 20.7. The third kappa shape index (κ3) is 4.03. The quantitative estimate of drug-likeness (QED) is 0.154. The summed E-state index contributed by atoms with van der Waals surface area (Å²) in [4.78, 5) is 11.8. The van der Waals surface area contributed by atoms with Crippen molar-refractivity contribution in [2.75, 3.05) is 7.05 Å². The van der Waals surface area contributed by atoms with Crippen LogP contribution in [0, 0.1) is 0 Å². The molecule has 146 valence electrons. The Labute approximate surface area is 161 Å². The molecule has 9 N–H and O–H groups in total. The summed E-state index contributed by atoms with van der Waals surface area (Å²) < 4.78 is 0. The number of nitrogens with one attached hydrogen (secondary N) is 4. The summed E-state index contributed by atoms with van der Waals surface area (Å²) in [6.07, 6.45) is 0.449. The van der Waals surface area contributed by atoms with Crippen LogP contribution in [0.1, 0.15) is 33.1 Å². The van der Waals surface area contributed by atoms with Crippen molar-refractivity contribution in [3.8, 4) is 5.75 Å². The van der Waals surface area contributed by atoms with Gasteiger partial charge in [0.2, 0.25) is 0 Å². The molecular formula is C18H22N8O2.